The molecule has 2 N–H and O–H groups in total. The summed E-state index contributed by atoms with van der Waals surface area (Å²) in [4.78, 5) is 24.9. The minimum Gasteiger partial charge on any atom is -0.340 e. The number of aromatic nitrogens is 4. The fourth-order valence-electron chi connectivity index (χ4n) is 3.20. The van der Waals surface area contributed by atoms with Crippen molar-refractivity contribution in [2.24, 2.45) is 0 Å². The lowest BCUT2D eigenvalue weighted by Gasteiger charge is -2.10. The van der Waals surface area contributed by atoms with Crippen LogP contribution in [0.4, 0.5) is 30.4 Å². The van der Waals surface area contributed by atoms with Gasteiger partial charge in [-0.1, -0.05) is 18.2 Å². The van der Waals surface area contributed by atoms with E-state index in [0.717, 1.165) is 23.6 Å². The number of alkyl halides is 3. The molecule has 2 aromatic carbocycles. The predicted molar refractivity (Wildman–Crippen MR) is 117 cm³/mol. The first-order valence-corrected chi connectivity index (χ1v) is 9.93. The molecule has 0 aliphatic carbocycles. The number of carbonyl (C=O) groups is 1. The molecule has 0 bridgehead atoms. The van der Waals surface area contributed by atoms with Crippen LogP contribution in [0.1, 0.15) is 17.0 Å². The van der Waals surface area contributed by atoms with Crippen molar-refractivity contribution >= 4 is 23.1 Å². The number of hydrogen-bond acceptors (Lipinski definition) is 5. The molecule has 4 rings (SSSR count). The maximum absolute atomic E-state index is 12.8. The van der Waals surface area contributed by atoms with E-state index in [4.69, 9.17) is 0 Å². The molecule has 4 aromatic rings. The van der Waals surface area contributed by atoms with Crippen LogP contribution < -0.4 is 10.6 Å². The van der Waals surface area contributed by atoms with Gasteiger partial charge >= 0.3 is 6.18 Å². The Labute approximate surface area is 187 Å². The van der Waals surface area contributed by atoms with Gasteiger partial charge in [-0.25, -0.2) is 15.0 Å². The molecule has 0 unspecified atom stereocenters. The third-order valence-corrected chi connectivity index (χ3v) is 4.79. The highest BCUT2D eigenvalue weighted by atomic mass is 19.4. The molecule has 0 spiro atoms. The van der Waals surface area contributed by atoms with Crippen molar-refractivity contribution < 1.29 is 18.0 Å². The van der Waals surface area contributed by atoms with Crippen LogP contribution in [0.25, 0.3) is 5.82 Å². The molecule has 0 atom stereocenters. The number of aryl methyl sites for hydroxylation is 1. The van der Waals surface area contributed by atoms with Gasteiger partial charge in [0, 0.05) is 29.8 Å². The Hall–Kier alpha value is -4.21. The first kappa shape index (κ1) is 22.0. The monoisotopic (exact) mass is 452 g/mol. The Kier molecular flexibility index (Phi) is 6.07. The van der Waals surface area contributed by atoms with Crippen LogP contribution in [0, 0.1) is 6.92 Å². The number of anilines is 3. The van der Waals surface area contributed by atoms with Gasteiger partial charge in [-0.2, -0.15) is 13.2 Å². The maximum atomic E-state index is 12.8. The number of carbonyl (C=O) groups excluding carboxylic acids is 1. The van der Waals surface area contributed by atoms with Gasteiger partial charge in [0.15, 0.2) is 0 Å². The zero-order chi connectivity index (χ0) is 23.4. The molecule has 0 saturated heterocycles. The third kappa shape index (κ3) is 5.53. The zero-order valence-corrected chi connectivity index (χ0v) is 17.5. The van der Waals surface area contributed by atoms with Gasteiger partial charge in [0.05, 0.1) is 12.0 Å². The van der Waals surface area contributed by atoms with Gasteiger partial charge < -0.3 is 10.6 Å². The molecule has 2 heterocycles. The van der Waals surface area contributed by atoms with E-state index in [2.05, 4.69) is 25.6 Å². The lowest BCUT2D eigenvalue weighted by atomic mass is 10.1. The lowest BCUT2D eigenvalue weighted by Crippen LogP contribution is -2.15. The minimum absolute atomic E-state index is 0.165. The fraction of sp³-hybridized carbons (Fsp3) is 0.130. The molecule has 33 heavy (non-hydrogen) atoms. The molecule has 0 aliphatic heterocycles. The van der Waals surface area contributed by atoms with Crippen LogP contribution in [-0.2, 0) is 17.4 Å². The van der Waals surface area contributed by atoms with Crippen molar-refractivity contribution in [2.45, 2.75) is 19.5 Å². The zero-order valence-electron chi connectivity index (χ0n) is 17.5. The molecular formula is C23H19F3N6O. The number of nitrogens with one attached hydrogen (secondary N) is 2. The Bertz CT molecular complexity index is 1270. The highest BCUT2D eigenvalue weighted by Crippen LogP contribution is 2.29. The summed E-state index contributed by atoms with van der Waals surface area (Å²) in [6, 6.07) is 13.4. The van der Waals surface area contributed by atoms with E-state index in [1.807, 2.05) is 11.5 Å². The van der Waals surface area contributed by atoms with E-state index in [1.54, 1.807) is 42.7 Å². The van der Waals surface area contributed by atoms with Gasteiger partial charge in [0.2, 0.25) is 5.91 Å². The van der Waals surface area contributed by atoms with Crippen molar-refractivity contribution in [2.75, 3.05) is 10.6 Å². The summed E-state index contributed by atoms with van der Waals surface area (Å²) < 4.78 is 40.3. The fourth-order valence-corrected chi connectivity index (χ4v) is 3.20. The summed E-state index contributed by atoms with van der Waals surface area (Å²) in [6.45, 7) is 1.87. The SMILES string of the molecule is Cc1nccn1-c1cc(Nc2ccc(NC(=O)Cc3cccc(C(F)(F)F)c3)cc2)ncn1. The molecule has 10 heteroatoms. The average Bonchev–Trinajstić information content (AvgIpc) is 3.21. The largest absolute Gasteiger partial charge is 0.416 e. The molecule has 168 valence electrons. The summed E-state index contributed by atoms with van der Waals surface area (Å²) in [5.41, 5.74) is 0.764. The highest BCUT2D eigenvalue weighted by molar-refractivity contribution is 5.92. The normalized spacial score (nSPS) is 11.3. The van der Waals surface area contributed by atoms with Crippen molar-refractivity contribution in [3.8, 4) is 5.82 Å². The number of nitrogens with zero attached hydrogens (tertiary/aromatic N) is 4. The molecule has 1 amide bonds. The Morgan fingerprint density at radius 1 is 1.00 bits per heavy atom. The van der Waals surface area contributed by atoms with Crippen LogP contribution in [-0.4, -0.2) is 25.4 Å². The highest BCUT2D eigenvalue weighted by Gasteiger charge is 2.30. The summed E-state index contributed by atoms with van der Waals surface area (Å²) in [7, 11) is 0. The summed E-state index contributed by atoms with van der Waals surface area (Å²) in [5, 5.41) is 5.85. The van der Waals surface area contributed by atoms with Gasteiger partial charge in [-0.3, -0.25) is 9.36 Å². The minimum atomic E-state index is -4.45. The first-order chi connectivity index (χ1) is 15.8. The average molecular weight is 452 g/mol. The second-order valence-electron chi connectivity index (χ2n) is 7.23. The molecule has 0 radical (unpaired) electrons. The molecule has 7 nitrogen and oxygen atoms in total. The summed E-state index contributed by atoms with van der Waals surface area (Å²) in [6.07, 6.45) is 0.320. The van der Waals surface area contributed by atoms with Crippen LogP contribution in [0.15, 0.2) is 73.3 Å². The molecule has 0 aliphatic rings. The molecular weight excluding hydrogens is 433 g/mol. The quantitative estimate of drug-likeness (QED) is 0.434. The number of amides is 1. The Morgan fingerprint density at radius 2 is 1.76 bits per heavy atom. The van der Waals surface area contributed by atoms with E-state index in [-0.39, 0.29) is 12.0 Å². The van der Waals surface area contributed by atoms with Gasteiger partial charge in [0.1, 0.15) is 23.8 Å². The van der Waals surface area contributed by atoms with E-state index >= 15 is 0 Å². The van der Waals surface area contributed by atoms with E-state index < -0.39 is 17.6 Å². The van der Waals surface area contributed by atoms with E-state index in [9.17, 15) is 18.0 Å². The van der Waals surface area contributed by atoms with Crippen molar-refractivity contribution in [1.82, 2.24) is 19.5 Å². The van der Waals surface area contributed by atoms with E-state index in [0.29, 0.717) is 17.3 Å². The smallest absolute Gasteiger partial charge is 0.340 e. The van der Waals surface area contributed by atoms with Crippen LogP contribution in [0.3, 0.4) is 0 Å². The number of imidazole rings is 1. The van der Waals surface area contributed by atoms with Crippen LogP contribution in [0.2, 0.25) is 0 Å². The number of halogens is 3. The number of hydrogen-bond donors (Lipinski definition) is 2. The van der Waals surface area contributed by atoms with Crippen molar-refractivity contribution in [1.29, 1.82) is 0 Å². The Balaban J connectivity index is 1.38. The van der Waals surface area contributed by atoms with Crippen LogP contribution >= 0.6 is 0 Å². The lowest BCUT2D eigenvalue weighted by molar-refractivity contribution is -0.137. The first-order valence-electron chi connectivity index (χ1n) is 9.93. The summed E-state index contributed by atoms with van der Waals surface area (Å²) in [5.74, 6) is 1.63. The van der Waals surface area contributed by atoms with Gasteiger partial charge in [-0.05, 0) is 42.8 Å². The number of benzene rings is 2. The molecule has 2 aromatic heterocycles. The van der Waals surface area contributed by atoms with Crippen molar-refractivity contribution in [3.63, 3.8) is 0 Å². The standard InChI is InChI=1S/C23H19F3N6O/c1-15-27-9-10-32(15)21-13-20(28-14-29-21)30-18-5-7-19(8-6-18)31-22(33)12-16-3-2-4-17(11-16)23(24,25)26/h2-11,13-14H,12H2,1H3,(H,31,33)(H,28,29,30). The van der Waals surface area contributed by atoms with Crippen LogP contribution in [0.5, 0.6) is 0 Å². The topological polar surface area (TPSA) is 84.7 Å². The third-order valence-electron chi connectivity index (χ3n) is 4.79. The second-order valence-corrected chi connectivity index (χ2v) is 7.23. The molecule has 0 fully saturated rings. The second kappa shape index (κ2) is 9.11. The predicted octanol–water partition coefficient (Wildman–Crippen LogP) is 4.91. The molecule has 0 saturated carbocycles. The van der Waals surface area contributed by atoms with E-state index in [1.165, 1.54) is 18.5 Å². The van der Waals surface area contributed by atoms with Crippen molar-refractivity contribution in [3.05, 3.63) is 90.3 Å². The van der Waals surface area contributed by atoms with Gasteiger partial charge in [0.25, 0.3) is 0 Å². The Morgan fingerprint density at radius 3 is 2.45 bits per heavy atom. The van der Waals surface area contributed by atoms with Gasteiger partial charge in [-0.15, -0.1) is 0 Å². The number of rotatable bonds is 6. The summed E-state index contributed by atoms with van der Waals surface area (Å²) >= 11 is 0. The maximum Gasteiger partial charge on any atom is 0.416 e.